The molecule has 0 saturated heterocycles. The van der Waals surface area contributed by atoms with Gasteiger partial charge in [0.15, 0.2) is 5.96 Å². The van der Waals surface area contributed by atoms with Gasteiger partial charge in [0.1, 0.15) is 5.60 Å². The Morgan fingerprint density at radius 2 is 1.61 bits per heavy atom. The van der Waals surface area contributed by atoms with Crippen LogP contribution in [0.15, 0.2) is 4.99 Å². The van der Waals surface area contributed by atoms with E-state index in [0.717, 1.165) is 38.2 Å². The van der Waals surface area contributed by atoms with Crippen molar-refractivity contribution >= 4 is 18.0 Å². The van der Waals surface area contributed by atoms with Gasteiger partial charge in [0, 0.05) is 31.1 Å². The predicted molar refractivity (Wildman–Crippen MR) is 112 cm³/mol. The van der Waals surface area contributed by atoms with Gasteiger partial charge in [-0.15, -0.1) is 0 Å². The van der Waals surface area contributed by atoms with Crippen LogP contribution in [0.3, 0.4) is 0 Å². The lowest BCUT2D eigenvalue weighted by Crippen LogP contribution is -2.48. The summed E-state index contributed by atoms with van der Waals surface area (Å²) in [5.74, 6) is 0.800. The first-order chi connectivity index (χ1) is 13.1. The Bertz CT molecular complexity index is 520. The van der Waals surface area contributed by atoms with Crippen LogP contribution < -0.4 is 21.3 Å². The third-order valence-electron chi connectivity index (χ3n) is 4.34. The van der Waals surface area contributed by atoms with Crippen LogP contribution >= 0.6 is 0 Å². The maximum absolute atomic E-state index is 11.9. The van der Waals surface area contributed by atoms with E-state index in [-0.39, 0.29) is 24.0 Å². The number of ether oxygens (including phenoxy) is 1. The molecule has 1 saturated carbocycles. The van der Waals surface area contributed by atoms with Crippen LogP contribution in [0.4, 0.5) is 4.79 Å². The van der Waals surface area contributed by atoms with E-state index in [1.54, 1.807) is 0 Å². The SMILES string of the molecule is CCNC(=NCCNC(=O)C(C)C)NC1CCC(NC(=O)OC(C)(C)C)CC1. The largest absolute Gasteiger partial charge is 0.444 e. The third kappa shape index (κ3) is 10.4. The molecule has 0 aromatic rings. The third-order valence-corrected chi connectivity index (χ3v) is 4.34. The molecule has 0 atom stereocenters. The summed E-state index contributed by atoms with van der Waals surface area (Å²) in [6, 6.07) is 0.471. The smallest absolute Gasteiger partial charge is 0.407 e. The van der Waals surface area contributed by atoms with Gasteiger partial charge >= 0.3 is 6.09 Å². The lowest BCUT2D eigenvalue weighted by molar-refractivity contribution is -0.123. The van der Waals surface area contributed by atoms with E-state index in [2.05, 4.69) is 26.3 Å². The fourth-order valence-electron chi connectivity index (χ4n) is 2.92. The molecule has 2 amide bonds. The number of hydrogen-bond acceptors (Lipinski definition) is 4. The topological polar surface area (TPSA) is 104 Å². The monoisotopic (exact) mass is 397 g/mol. The van der Waals surface area contributed by atoms with Crippen molar-refractivity contribution in [1.29, 1.82) is 0 Å². The molecule has 8 heteroatoms. The average Bonchev–Trinajstić information content (AvgIpc) is 2.58. The molecule has 0 aromatic carbocycles. The first kappa shape index (κ1) is 24.0. The van der Waals surface area contributed by atoms with Crippen LogP contribution in [-0.4, -0.2) is 55.3 Å². The zero-order valence-electron chi connectivity index (χ0n) is 18.4. The van der Waals surface area contributed by atoms with Crippen LogP contribution in [0.2, 0.25) is 0 Å². The number of carbonyl (C=O) groups is 2. The second-order valence-corrected chi connectivity index (χ2v) is 8.55. The molecule has 1 fully saturated rings. The van der Waals surface area contributed by atoms with E-state index in [9.17, 15) is 9.59 Å². The summed E-state index contributed by atoms with van der Waals surface area (Å²) >= 11 is 0. The lowest BCUT2D eigenvalue weighted by atomic mass is 9.91. The van der Waals surface area contributed by atoms with Crippen molar-refractivity contribution in [2.24, 2.45) is 10.9 Å². The number of rotatable bonds is 7. The Labute approximate surface area is 169 Å². The minimum atomic E-state index is -0.478. The summed E-state index contributed by atoms with van der Waals surface area (Å²) in [6.07, 6.45) is 3.37. The van der Waals surface area contributed by atoms with Crippen LogP contribution in [0.1, 0.15) is 67.2 Å². The maximum atomic E-state index is 11.9. The molecule has 1 aliphatic carbocycles. The summed E-state index contributed by atoms with van der Waals surface area (Å²) in [5, 5.41) is 12.5. The number of guanidine groups is 1. The van der Waals surface area contributed by atoms with Gasteiger partial charge in [0.2, 0.25) is 5.91 Å². The quantitative estimate of drug-likeness (QED) is 0.299. The summed E-state index contributed by atoms with van der Waals surface area (Å²) in [4.78, 5) is 28.0. The second-order valence-electron chi connectivity index (χ2n) is 8.55. The number of hydrogen-bond donors (Lipinski definition) is 4. The number of aliphatic imine (C=N–C) groups is 1. The van der Waals surface area contributed by atoms with E-state index in [1.165, 1.54) is 0 Å². The van der Waals surface area contributed by atoms with E-state index in [1.807, 2.05) is 41.5 Å². The molecule has 28 heavy (non-hydrogen) atoms. The summed E-state index contributed by atoms with van der Waals surface area (Å²) < 4.78 is 5.33. The Morgan fingerprint density at radius 3 is 2.11 bits per heavy atom. The normalized spacial score (nSPS) is 20.5. The summed E-state index contributed by atoms with van der Waals surface area (Å²) in [7, 11) is 0. The Hall–Kier alpha value is -1.99. The molecule has 8 nitrogen and oxygen atoms in total. The molecule has 162 valence electrons. The van der Waals surface area contributed by atoms with Gasteiger partial charge in [-0.1, -0.05) is 13.8 Å². The van der Waals surface area contributed by atoms with Crippen LogP contribution in [0.25, 0.3) is 0 Å². The van der Waals surface area contributed by atoms with E-state index in [4.69, 9.17) is 4.74 Å². The second kappa shape index (κ2) is 11.8. The fraction of sp³-hybridized carbons (Fsp3) is 0.850. The van der Waals surface area contributed by atoms with Crippen LogP contribution in [0, 0.1) is 5.92 Å². The molecule has 1 rings (SSSR count). The van der Waals surface area contributed by atoms with Gasteiger partial charge in [-0.2, -0.15) is 0 Å². The van der Waals surface area contributed by atoms with Crippen molar-refractivity contribution in [3.63, 3.8) is 0 Å². The molecule has 1 aliphatic rings. The first-order valence-corrected chi connectivity index (χ1v) is 10.4. The highest BCUT2D eigenvalue weighted by molar-refractivity contribution is 5.80. The Balaban J connectivity index is 2.37. The van der Waals surface area contributed by atoms with Gasteiger partial charge in [-0.25, -0.2) is 4.79 Å². The van der Waals surface area contributed by atoms with Crippen LogP contribution in [0.5, 0.6) is 0 Å². The standard InChI is InChI=1S/C20H39N5O3/c1-7-21-18(23-13-12-22-17(26)14(2)3)24-15-8-10-16(11-9-15)25-19(27)28-20(4,5)6/h14-16H,7-13H2,1-6H3,(H,22,26)(H,25,27)(H2,21,23,24). The number of nitrogens with zero attached hydrogens (tertiary/aromatic N) is 1. The maximum Gasteiger partial charge on any atom is 0.407 e. The van der Waals surface area contributed by atoms with Crippen molar-refractivity contribution < 1.29 is 14.3 Å². The van der Waals surface area contributed by atoms with Crippen molar-refractivity contribution in [3.05, 3.63) is 0 Å². The summed E-state index contributed by atoms with van der Waals surface area (Å²) in [5.41, 5.74) is -0.478. The van der Waals surface area contributed by atoms with Gasteiger partial charge in [0.05, 0.1) is 6.54 Å². The van der Waals surface area contributed by atoms with Gasteiger partial charge in [-0.3, -0.25) is 9.79 Å². The Kier molecular flexibility index (Phi) is 10.1. The highest BCUT2D eigenvalue weighted by Crippen LogP contribution is 2.19. The van der Waals surface area contributed by atoms with Crippen LogP contribution in [-0.2, 0) is 9.53 Å². The number of nitrogens with one attached hydrogen (secondary N) is 4. The van der Waals surface area contributed by atoms with Gasteiger partial charge in [0.25, 0.3) is 0 Å². The van der Waals surface area contributed by atoms with E-state index >= 15 is 0 Å². The minimum Gasteiger partial charge on any atom is -0.444 e. The Morgan fingerprint density at radius 1 is 1.04 bits per heavy atom. The molecule has 0 radical (unpaired) electrons. The predicted octanol–water partition coefficient (Wildman–Crippen LogP) is 2.15. The average molecular weight is 398 g/mol. The number of amides is 2. The highest BCUT2D eigenvalue weighted by Gasteiger charge is 2.25. The van der Waals surface area contributed by atoms with E-state index in [0.29, 0.717) is 19.1 Å². The molecule has 0 aliphatic heterocycles. The fourth-order valence-corrected chi connectivity index (χ4v) is 2.92. The molecular weight excluding hydrogens is 358 g/mol. The molecule has 0 spiro atoms. The zero-order chi connectivity index (χ0) is 21.2. The molecule has 0 aromatic heterocycles. The van der Waals surface area contributed by atoms with E-state index < -0.39 is 5.60 Å². The van der Waals surface area contributed by atoms with Crippen molar-refractivity contribution in [2.45, 2.75) is 84.9 Å². The molecule has 0 bridgehead atoms. The van der Waals surface area contributed by atoms with Crippen molar-refractivity contribution in [3.8, 4) is 0 Å². The molecular formula is C20H39N5O3. The number of alkyl carbamates (subject to hydrolysis) is 1. The van der Waals surface area contributed by atoms with Gasteiger partial charge < -0.3 is 26.0 Å². The zero-order valence-corrected chi connectivity index (χ0v) is 18.4. The first-order valence-electron chi connectivity index (χ1n) is 10.4. The van der Waals surface area contributed by atoms with Gasteiger partial charge in [-0.05, 0) is 53.4 Å². The summed E-state index contributed by atoms with van der Waals surface area (Å²) in [6.45, 7) is 13.2. The molecule has 0 heterocycles. The molecule has 0 unspecified atom stereocenters. The lowest BCUT2D eigenvalue weighted by Gasteiger charge is -2.31. The molecule has 4 N–H and O–H groups in total. The number of carbonyl (C=O) groups excluding carboxylic acids is 2. The highest BCUT2D eigenvalue weighted by atomic mass is 16.6. The van der Waals surface area contributed by atoms with Crippen molar-refractivity contribution in [2.75, 3.05) is 19.6 Å². The minimum absolute atomic E-state index is 0.0141. The van der Waals surface area contributed by atoms with Crippen molar-refractivity contribution in [1.82, 2.24) is 21.3 Å².